The smallest absolute Gasteiger partial charge is 0.333 e. The number of esters is 1. The van der Waals surface area contributed by atoms with E-state index in [9.17, 15) is 4.79 Å². The summed E-state index contributed by atoms with van der Waals surface area (Å²) >= 11 is 0. The zero-order valence-corrected chi connectivity index (χ0v) is 9.63. The zero-order valence-electron chi connectivity index (χ0n) is 9.63. The molecule has 1 heterocycles. The first-order valence-corrected chi connectivity index (χ1v) is 5.75. The first-order valence-electron chi connectivity index (χ1n) is 5.75. The maximum absolute atomic E-state index is 11.1. The SMILES string of the molecule is C=C(C)C(=O)OCCN1CCCCCC1. The van der Waals surface area contributed by atoms with Crippen LogP contribution in [0.15, 0.2) is 12.2 Å². The van der Waals surface area contributed by atoms with E-state index in [1.165, 1.54) is 25.7 Å². The van der Waals surface area contributed by atoms with Crippen molar-refractivity contribution in [3.63, 3.8) is 0 Å². The van der Waals surface area contributed by atoms with E-state index in [0.29, 0.717) is 12.2 Å². The van der Waals surface area contributed by atoms with Crippen LogP contribution in [0, 0.1) is 0 Å². The van der Waals surface area contributed by atoms with Crippen molar-refractivity contribution in [2.45, 2.75) is 32.6 Å². The van der Waals surface area contributed by atoms with Gasteiger partial charge in [-0.15, -0.1) is 0 Å². The molecule has 0 spiro atoms. The Bertz CT molecular complexity index is 218. The second-order valence-electron chi connectivity index (χ2n) is 4.17. The lowest BCUT2D eigenvalue weighted by Crippen LogP contribution is -2.29. The maximum Gasteiger partial charge on any atom is 0.333 e. The third-order valence-electron chi connectivity index (χ3n) is 2.69. The Labute approximate surface area is 92.1 Å². The monoisotopic (exact) mass is 211 g/mol. The van der Waals surface area contributed by atoms with Gasteiger partial charge in [0.25, 0.3) is 0 Å². The van der Waals surface area contributed by atoms with Gasteiger partial charge < -0.3 is 4.74 Å². The van der Waals surface area contributed by atoms with E-state index < -0.39 is 0 Å². The Morgan fingerprint density at radius 2 is 1.87 bits per heavy atom. The summed E-state index contributed by atoms with van der Waals surface area (Å²) in [5.74, 6) is -0.273. The molecular formula is C12H21NO2. The van der Waals surface area contributed by atoms with E-state index in [4.69, 9.17) is 4.74 Å². The fraction of sp³-hybridized carbons (Fsp3) is 0.750. The molecule has 0 aromatic heterocycles. The second-order valence-corrected chi connectivity index (χ2v) is 4.17. The predicted molar refractivity (Wildman–Crippen MR) is 60.7 cm³/mol. The number of carbonyl (C=O) groups is 1. The van der Waals surface area contributed by atoms with Crippen LogP contribution in [0.3, 0.4) is 0 Å². The minimum Gasteiger partial charge on any atom is -0.461 e. The summed E-state index contributed by atoms with van der Waals surface area (Å²) in [5.41, 5.74) is 0.478. The first-order chi connectivity index (χ1) is 7.20. The van der Waals surface area contributed by atoms with Crippen LogP contribution in [0.4, 0.5) is 0 Å². The van der Waals surface area contributed by atoms with Gasteiger partial charge in [0, 0.05) is 12.1 Å². The van der Waals surface area contributed by atoms with Gasteiger partial charge in [0.2, 0.25) is 0 Å². The highest BCUT2D eigenvalue weighted by atomic mass is 16.5. The van der Waals surface area contributed by atoms with Gasteiger partial charge in [-0.1, -0.05) is 19.4 Å². The lowest BCUT2D eigenvalue weighted by atomic mass is 10.2. The Hall–Kier alpha value is -0.830. The normalized spacial score (nSPS) is 18.2. The molecule has 15 heavy (non-hydrogen) atoms. The highest BCUT2D eigenvalue weighted by Gasteiger charge is 2.09. The topological polar surface area (TPSA) is 29.5 Å². The van der Waals surface area contributed by atoms with Crippen LogP contribution in [0.2, 0.25) is 0 Å². The third-order valence-corrected chi connectivity index (χ3v) is 2.69. The summed E-state index contributed by atoms with van der Waals surface area (Å²) in [6.07, 6.45) is 5.22. The number of likely N-dealkylation sites (tertiary alicyclic amines) is 1. The van der Waals surface area contributed by atoms with Crippen molar-refractivity contribution in [2.75, 3.05) is 26.2 Å². The Morgan fingerprint density at radius 1 is 1.27 bits per heavy atom. The van der Waals surface area contributed by atoms with Crippen LogP contribution in [0.5, 0.6) is 0 Å². The van der Waals surface area contributed by atoms with Crippen LogP contribution in [-0.2, 0) is 9.53 Å². The van der Waals surface area contributed by atoms with Gasteiger partial charge in [0.05, 0.1) is 0 Å². The molecule has 1 aliphatic rings. The van der Waals surface area contributed by atoms with Gasteiger partial charge in [0.1, 0.15) is 6.61 Å². The quantitative estimate of drug-likeness (QED) is 0.526. The predicted octanol–water partition coefficient (Wildman–Crippen LogP) is 1.98. The van der Waals surface area contributed by atoms with Gasteiger partial charge in [0.15, 0.2) is 0 Å². The van der Waals surface area contributed by atoms with Crippen molar-refractivity contribution in [1.82, 2.24) is 4.90 Å². The standard InChI is InChI=1S/C12H21NO2/c1-11(2)12(14)15-10-9-13-7-5-3-4-6-8-13/h1,3-10H2,2H3. The van der Waals surface area contributed by atoms with Gasteiger partial charge >= 0.3 is 5.97 Å². The van der Waals surface area contributed by atoms with Crippen molar-refractivity contribution in [2.24, 2.45) is 0 Å². The lowest BCUT2D eigenvalue weighted by Gasteiger charge is -2.19. The summed E-state index contributed by atoms with van der Waals surface area (Å²) in [6.45, 7) is 8.86. The van der Waals surface area contributed by atoms with Crippen LogP contribution in [-0.4, -0.2) is 37.1 Å². The molecule has 3 heteroatoms. The number of hydrogen-bond acceptors (Lipinski definition) is 3. The van der Waals surface area contributed by atoms with E-state index in [2.05, 4.69) is 11.5 Å². The lowest BCUT2D eigenvalue weighted by molar-refractivity contribution is -0.139. The molecule has 86 valence electrons. The van der Waals surface area contributed by atoms with E-state index in [0.717, 1.165) is 19.6 Å². The van der Waals surface area contributed by atoms with Crippen LogP contribution in [0.25, 0.3) is 0 Å². The van der Waals surface area contributed by atoms with E-state index in [-0.39, 0.29) is 5.97 Å². The second kappa shape index (κ2) is 6.62. The van der Waals surface area contributed by atoms with Gasteiger partial charge in [-0.05, 0) is 32.9 Å². The fourth-order valence-electron chi connectivity index (χ4n) is 1.75. The van der Waals surface area contributed by atoms with Crippen molar-refractivity contribution < 1.29 is 9.53 Å². The largest absolute Gasteiger partial charge is 0.461 e. The number of rotatable bonds is 4. The van der Waals surface area contributed by atoms with Crippen LogP contribution >= 0.6 is 0 Å². The van der Waals surface area contributed by atoms with Crippen LogP contribution in [0.1, 0.15) is 32.6 Å². The summed E-state index contributed by atoms with van der Waals surface area (Å²) in [7, 11) is 0. The van der Waals surface area contributed by atoms with Gasteiger partial charge in [-0.2, -0.15) is 0 Å². The molecular weight excluding hydrogens is 190 g/mol. The molecule has 1 fully saturated rings. The minimum atomic E-state index is -0.273. The Kier molecular flexibility index (Phi) is 5.40. The zero-order chi connectivity index (χ0) is 11.1. The number of nitrogens with zero attached hydrogens (tertiary/aromatic N) is 1. The summed E-state index contributed by atoms with van der Waals surface area (Å²) in [5, 5.41) is 0. The molecule has 0 atom stereocenters. The van der Waals surface area contributed by atoms with E-state index in [1.807, 2.05) is 0 Å². The molecule has 1 aliphatic heterocycles. The molecule has 0 bridgehead atoms. The Balaban J connectivity index is 2.13. The molecule has 0 saturated carbocycles. The van der Waals surface area contributed by atoms with Crippen molar-refractivity contribution >= 4 is 5.97 Å². The van der Waals surface area contributed by atoms with E-state index >= 15 is 0 Å². The van der Waals surface area contributed by atoms with Crippen molar-refractivity contribution in [3.8, 4) is 0 Å². The van der Waals surface area contributed by atoms with E-state index in [1.54, 1.807) is 6.92 Å². The number of hydrogen-bond donors (Lipinski definition) is 0. The molecule has 0 N–H and O–H groups in total. The molecule has 0 amide bonds. The average molecular weight is 211 g/mol. The van der Waals surface area contributed by atoms with Gasteiger partial charge in [-0.3, -0.25) is 4.90 Å². The van der Waals surface area contributed by atoms with Crippen molar-refractivity contribution in [1.29, 1.82) is 0 Å². The molecule has 0 radical (unpaired) electrons. The molecule has 0 unspecified atom stereocenters. The average Bonchev–Trinajstić information content (AvgIpc) is 2.46. The molecule has 0 aliphatic carbocycles. The summed E-state index contributed by atoms with van der Waals surface area (Å²) < 4.78 is 5.07. The van der Waals surface area contributed by atoms with Crippen LogP contribution < -0.4 is 0 Å². The number of ether oxygens (including phenoxy) is 1. The van der Waals surface area contributed by atoms with Crippen molar-refractivity contribution in [3.05, 3.63) is 12.2 Å². The maximum atomic E-state index is 11.1. The summed E-state index contributed by atoms with van der Waals surface area (Å²) in [4.78, 5) is 13.5. The Morgan fingerprint density at radius 3 is 2.40 bits per heavy atom. The molecule has 3 nitrogen and oxygen atoms in total. The number of carbonyl (C=O) groups excluding carboxylic acids is 1. The fourth-order valence-corrected chi connectivity index (χ4v) is 1.75. The highest BCUT2D eigenvalue weighted by Crippen LogP contribution is 2.09. The van der Waals surface area contributed by atoms with Gasteiger partial charge in [-0.25, -0.2) is 4.79 Å². The highest BCUT2D eigenvalue weighted by molar-refractivity contribution is 5.86. The first kappa shape index (κ1) is 12.2. The minimum absolute atomic E-state index is 0.273. The molecule has 0 aromatic rings. The molecule has 1 rings (SSSR count). The molecule has 1 saturated heterocycles. The molecule has 0 aromatic carbocycles. The summed E-state index contributed by atoms with van der Waals surface area (Å²) in [6, 6.07) is 0. The third kappa shape index (κ3) is 4.98.